The first-order chi connectivity index (χ1) is 13.7. The zero-order valence-electron chi connectivity index (χ0n) is 16.4. The van der Waals surface area contributed by atoms with Crippen LogP contribution in [0.2, 0.25) is 0 Å². The molecule has 0 aromatic heterocycles. The minimum absolute atomic E-state index is 0.00334. The number of hydrogen-bond acceptors (Lipinski definition) is 2. The molecule has 1 heterocycles. The Morgan fingerprint density at radius 1 is 1.00 bits per heavy atom. The fraction of sp³-hybridized carbons (Fsp3) is 0.391. The molecule has 5 heteroatoms. The van der Waals surface area contributed by atoms with Crippen LogP contribution in [0.15, 0.2) is 60.7 Å². The van der Waals surface area contributed by atoms with E-state index in [1.807, 2.05) is 53.4 Å². The Balaban J connectivity index is 1.71. The second-order valence-electron chi connectivity index (χ2n) is 7.29. The van der Waals surface area contributed by atoms with Gasteiger partial charge in [-0.15, -0.1) is 0 Å². The number of unbranched alkanes of at least 4 members (excludes halogenated alkanes) is 1. The van der Waals surface area contributed by atoms with Gasteiger partial charge in [0.25, 0.3) is 0 Å². The second-order valence-corrected chi connectivity index (χ2v) is 7.29. The summed E-state index contributed by atoms with van der Waals surface area (Å²) in [6.07, 6.45) is 3.52. The first-order valence-corrected chi connectivity index (χ1v) is 10.1. The molecule has 1 aliphatic rings. The van der Waals surface area contributed by atoms with E-state index < -0.39 is 0 Å². The van der Waals surface area contributed by atoms with Crippen LogP contribution in [0.1, 0.15) is 44.2 Å². The summed E-state index contributed by atoms with van der Waals surface area (Å²) in [6, 6.07) is 19.5. The van der Waals surface area contributed by atoms with Crippen molar-refractivity contribution in [2.75, 3.05) is 18.4 Å². The highest BCUT2D eigenvalue weighted by molar-refractivity contribution is 5.93. The van der Waals surface area contributed by atoms with Gasteiger partial charge in [-0.3, -0.25) is 4.79 Å². The summed E-state index contributed by atoms with van der Waals surface area (Å²) in [5.41, 5.74) is 1.91. The molecule has 1 fully saturated rings. The van der Waals surface area contributed by atoms with Crippen molar-refractivity contribution in [3.8, 4) is 0 Å². The van der Waals surface area contributed by atoms with E-state index in [4.69, 9.17) is 0 Å². The minimum atomic E-state index is -0.211. The maximum atomic E-state index is 12.9. The molecule has 0 radical (unpaired) electrons. The Morgan fingerprint density at radius 2 is 1.68 bits per heavy atom. The molecule has 3 rings (SSSR count). The lowest BCUT2D eigenvalue weighted by Gasteiger charge is -2.39. The third kappa shape index (κ3) is 5.12. The lowest BCUT2D eigenvalue weighted by molar-refractivity contribution is -0.121. The van der Waals surface area contributed by atoms with Crippen molar-refractivity contribution < 1.29 is 9.59 Å². The fourth-order valence-electron chi connectivity index (χ4n) is 3.67. The molecule has 3 amide bonds. The van der Waals surface area contributed by atoms with Crippen LogP contribution in [0.25, 0.3) is 0 Å². The van der Waals surface area contributed by atoms with Crippen LogP contribution in [0, 0.1) is 5.92 Å². The third-order valence-corrected chi connectivity index (χ3v) is 5.25. The lowest BCUT2D eigenvalue weighted by atomic mass is 9.88. The van der Waals surface area contributed by atoms with Crippen LogP contribution < -0.4 is 10.6 Å². The van der Waals surface area contributed by atoms with Crippen molar-refractivity contribution in [1.29, 1.82) is 0 Å². The highest BCUT2D eigenvalue weighted by atomic mass is 16.2. The van der Waals surface area contributed by atoms with E-state index in [-0.39, 0.29) is 23.9 Å². The van der Waals surface area contributed by atoms with Gasteiger partial charge in [-0.25, -0.2) is 4.79 Å². The molecule has 0 unspecified atom stereocenters. The molecule has 28 heavy (non-hydrogen) atoms. The van der Waals surface area contributed by atoms with E-state index in [1.165, 1.54) is 0 Å². The maximum absolute atomic E-state index is 12.9. The van der Waals surface area contributed by atoms with Crippen LogP contribution in [0.3, 0.4) is 0 Å². The number of likely N-dealkylation sites (tertiary alicyclic amines) is 1. The molecule has 0 aliphatic carbocycles. The standard InChI is InChI=1S/C23H29N3O2/c1-2-3-16-24-23(28)26-17-19(22(27)25-20-12-8-5-9-13-20)14-15-21(26)18-10-6-4-7-11-18/h4-13,19,21H,2-3,14-17H2,1H3,(H,24,28)(H,25,27)/t19-,21-/m0/s1. The molecule has 2 atom stereocenters. The molecular weight excluding hydrogens is 350 g/mol. The highest BCUT2D eigenvalue weighted by Gasteiger charge is 2.35. The van der Waals surface area contributed by atoms with Crippen molar-refractivity contribution in [3.63, 3.8) is 0 Å². The number of piperidine rings is 1. The fourth-order valence-corrected chi connectivity index (χ4v) is 3.67. The van der Waals surface area contributed by atoms with Gasteiger partial charge in [0.15, 0.2) is 0 Å². The number of nitrogens with one attached hydrogen (secondary N) is 2. The van der Waals surface area contributed by atoms with Crippen LogP contribution in [0.4, 0.5) is 10.5 Å². The summed E-state index contributed by atoms with van der Waals surface area (Å²) in [4.78, 5) is 27.5. The van der Waals surface area contributed by atoms with Crippen molar-refractivity contribution in [2.24, 2.45) is 5.92 Å². The van der Waals surface area contributed by atoms with Crippen LogP contribution >= 0.6 is 0 Å². The van der Waals surface area contributed by atoms with Gasteiger partial charge >= 0.3 is 6.03 Å². The SMILES string of the molecule is CCCCNC(=O)N1C[C@@H](C(=O)Nc2ccccc2)CC[C@H]1c1ccccc1. The molecule has 0 saturated carbocycles. The number of benzene rings is 2. The van der Waals surface area contributed by atoms with Crippen LogP contribution in [-0.4, -0.2) is 29.9 Å². The van der Waals surface area contributed by atoms with Gasteiger partial charge in [0, 0.05) is 18.8 Å². The monoisotopic (exact) mass is 379 g/mol. The minimum Gasteiger partial charge on any atom is -0.338 e. The smallest absolute Gasteiger partial charge is 0.317 e. The topological polar surface area (TPSA) is 61.4 Å². The van der Waals surface area contributed by atoms with E-state index >= 15 is 0 Å². The van der Waals surface area contributed by atoms with Crippen LogP contribution in [0.5, 0.6) is 0 Å². The van der Waals surface area contributed by atoms with E-state index in [1.54, 1.807) is 0 Å². The predicted octanol–water partition coefficient (Wildman–Crippen LogP) is 4.59. The Morgan fingerprint density at radius 3 is 2.36 bits per heavy atom. The van der Waals surface area contributed by atoms with Gasteiger partial charge in [-0.1, -0.05) is 61.9 Å². The average Bonchev–Trinajstić information content (AvgIpc) is 2.74. The Hall–Kier alpha value is -2.82. The zero-order valence-corrected chi connectivity index (χ0v) is 16.4. The average molecular weight is 380 g/mol. The number of carbonyl (C=O) groups is 2. The number of carbonyl (C=O) groups excluding carboxylic acids is 2. The number of anilines is 1. The summed E-state index contributed by atoms with van der Waals surface area (Å²) in [6.45, 7) is 3.19. The maximum Gasteiger partial charge on any atom is 0.317 e. The first-order valence-electron chi connectivity index (χ1n) is 10.1. The summed E-state index contributed by atoms with van der Waals surface area (Å²) >= 11 is 0. The van der Waals surface area contributed by atoms with Gasteiger partial charge in [0.05, 0.1) is 12.0 Å². The number of amides is 3. The predicted molar refractivity (Wildman–Crippen MR) is 112 cm³/mol. The summed E-state index contributed by atoms with van der Waals surface area (Å²) in [5, 5.41) is 6.00. The second kappa shape index (κ2) is 9.93. The Labute approximate surface area is 167 Å². The number of para-hydroxylation sites is 1. The number of urea groups is 1. The number of nitrogens with zero attached hydrogens (tertiary/aromatic N) is 1. The number of rotatable bonds is 6. The van der Waals surface area contributed by atoms with E-state index in [2.05, 4.69) is 29.7 Å². The quantitative estimate of drug-likeness (QED) is 0.721. The van der Waals surface area contributed by atoms with Crippen molar-refractivity contribution in [3.05, 3.63) is 66.2 Å². The molecule has 2 aromatic carbocycles. The highest BCUT2D eigenvalue weighted by Crippen LogP contribution is 2.34. The van der Waals surface area contributed by atoms with Crippen LogP contribution in [-0.2, 0) is 4.79 Å². The molecule has 1 saturated heterocycles. The molecule has 5 nitrogen and oxygen atoms in total. The molecule has 148 valence electrons. The normalized spacial score (nSPS) is 19.1. The Bertz CT molecular complexity index is 764. The third-order valence-electron chi connectivity index (χ3n) is 5.25. The molecule has 1 aliphatic heterocycles. The van der Waals surface area contributed by atoms with Gasteiger partial charge in [-0.2, -0.15) is 0 Å². The number of hydrogen-bond donors (Lipinski definition) is 2. The first kappa shape index (κ1) is 19.9. The molecule has 2 N–H and O–H groups in total. The van der Waals surface area contributed by atoms with Crippen molar-refractivity contribution >= 4 is 17.6 Å². The lowest BCUT2D eigenvalue weighted by Crippen LogP contribution is -2.49. The van der Waals surface area contributed by atoms with Gasteiger partial charge < -0.3 is 15.5 Å². The zero-order chi connectivity index (χ0) is 19.8. The Kier molecular flexibility index (Phi) is 7.06. The molecule has 0 bridgehead atoms. The molecule has 2 aromatic rings. The van der Waals surface area contributed by atoms with Crippen molar-refractivity contribution in [1.82, 2.24) is 10.2 Å². The van der Waals surface area contributed by atoms with Crippen molar-refractivity contribution in [2.45, 2.75) is 38.6 Å². The van der Waals surface area contributed by atoms with Gasteiger partial charge in [0.2, 0.25) is 5.91 Å². The summed E-state index contributed by atoms with van der Waals surface area (Å²) in [7, 11) is 0. The largest absolute Gasteiger partial charge is 0.338 e. The van der Waals surface area contributed by atoms with E-state index in [9.17, 15) is 9.59 Å². The summed E-state index contributed by atoms with van der Waals surface area (Å²) in [5.74, 6) is -0.235. The molecular formula is C23H29N3O2. The van der Waals surface area contributed by atoms with Gasteiger partial charge in [0.1, 0.15) is 0 Å². The van der Waals surface area contributed by atoms with Gasteiger partial charge in [-0.05, 0) is 37.0 Å². The summed E-state index contributed by atoms with van der Waals surface area (Å²) < 4.78 is 0. The van der Waals surface area contributed by atoms with E-state index in [0.29, 0.717) is 13.1 Å². The molecule has 0 spiro atoms. The van der Waals surface area contributed by atoms with E-state index in [0.717, 1.165) is 36.9 Å².